The molecule has 0 unspecified atom stereocenters. The Balaban J connectivity index is 2.65. The number of hydrogen-bond donors (Lipinski definition) is 0. The van der Waals surface area contributed by atoms with Gasteiger partial charge in [0, 0.05) is 13.4 Å². The highest BCUT2D eigenvalue weighted by molar-refractivity contribution is 7.91. The van der Waals surface area contributed by atoms with Gasteiger partial charge in [-0.05, 0) is 25.7 Å². The zero-order chi connectivity index (χ0) is 10.1. The molecule has 1 saturated carbocycles. The van der Waals surface area contributed by atoms with E-state index in [2.05, 4.69) is 0 Å². The molecule has 0 aromatic heterocycles. The maximum atomic E-state index is 11.3. The van der Waals surface area contributed by atoms with Crippen LogP contribution in [-0.2, 0) is 14.6 Å². The van der Waals surface area contributed by atoms with Crippen LogP contribution in [0.25, 0.3) is 0 Å². The summed E-state index contributed by atoms with van der Waals surface area (Å²) in [6.07, 6.45) is 4.60. The van der Waals surface area contributed by atoms with Crippen molar-refractivity contribution in [1.29, 1.82) is 0 Å². The Morgan fingerprint density at radius 2 is 1.92 bits per heavy atom. The number of sulfone groups is 1. The van der Waals surface area contributed by atoms with Gasteiger partial charge in [0.2, 0.25) is 0 Å². The molecule has 4 heteroatoms. The lowest BCUT2D eigenvalue weighted by atomic mass is 9.80. The molecular weight excluding hydrogens is 188 g/mol. The molecule has 13 heavy (non-hydrogen) atoms. The summed E-state index contributed by atoms with van der Waals surface area (Å²) in [5, 5.41) is -0.372. The van der Waals surface area contributed by atoms with Crippen LogP contribution < -0.4 is 0 Å². The molecule has 0 N–H and O–H groups in total. The van der Waals surface area contributed by atoms with Crippen LogP contribution in [0.4, 0.5) is 0 Å². The van der Waals surface area contributed by atoms with Crippen molar-refractivity contribution in [2.45, 2.75) is 37.5 Å². The minimum absolute atomic E-state index is 0.108. The second-order valence-electron chi connectivity index (χ2n) is 3.93. The third-order valence-corrected chi connectivity index (χ3v) is 4.64. The summed E-state index contributed by atoms with van der Waals surface area (Å²) in [6, 6.07) is 0. The Kier molecular flexibility index (Phi) is 3.35. The first kappa shape index (κ1) is 11.0. The fraction of sp³-hybridized carbons (Fsp3) is 1.00. The Bertz CT molecular complexity index is 254. The van der Waals surface area contributed by atoms with Crippen molar-refractivity contribution in [3.63, 3.8) is 0 Å². The van der Waals surface area contributed by atoms with Gasteiger partial charge in [-0.25, -0.2) is 8.42 Å². The van der Waals surface area contributed by atoms with Crippen LogP contribution in [0.2, 0.25) is 0 Å². The van der Waals surface area contributed by atoms with Crippen LogP contribution in [0.1, 0.15) is 26.2 Å². The van der Waals surface area contributed by atoms with Gasteiger partial charge in [-0.2, -0.15) is 0 Å². The van der Waals surface area contributed by atoms with Crippen LogP contribution in [-0.4, -0.2) is 33.1 Å². The molecule has 1 fully saturated rings. The predicted octanol–water partition coefficient (Wildman–Crippen LogP) is 1.23. The summed E-state index contributed by atoms with van der Waals surface area (Å²) in [4.78, 5) is 0. The fourth-order valence-electron chi connectivity index (χ4n) is 1.78. The summed E-state index contributed by atoms with van der Waals surface area (Å²) in [5.41, 5.74) is 0. The van der Waals surface area contributed by atoms with Gasteiger partial charge in [0.15, 0.2) is 9.84 Å². The van der Waals surface area contributed by atoms with E-state index in [0.29, 0.717) is 5.92 Å². The van der Waals surface area contributed by atoms with E-state index in [1.54, 1.807) is 14.0 Å². The average Bonchev–Trinajstić information content (AvgIpc) is 1.93. The molecule has 0 aliphatic heterocycles. The second kappa shape index (κ2) is 3.96. The highest BCUT2D eigenvalue weighted by Gasteiger charge is 2.35. The number of ether oxygens (including phenoxy) is 1. The van der Waals surface area contributed by atoms with Crippen molar-refractivity contribution < 1.29 is 13.2 Å². The van der Waals surface area contributed by atoms with E-state index in [1.165, 1.54) is 12.7 Å². The third-order valence-electron chi connectivity index (χ3n) is 3.02. The molecule has 3 nitrogen and oxygen atoms in total. The molecule has 1 aliphatic rings. The summed E-state index contributed by atoms with van der Waals surface area (Å²) in [5.74, 6) is 0.453. The van der Waals surface area contributed by atoms with Crippen molar-refractivity contribution in [2.75, 3.05) is 13.4 Å². The van der Waals surface area contributed by atoms with Gasteiger partial charge < -0.3 is 4.74 Å². The van der Waals surface area contributed by atoms with Crippen LogP contribution >= 0.6 is 0 Å². The Hall–Kier alpha value is -0.0900. The van der Waals surface area contributed by atoms with Crippen LogP contribution in [0.3, 0.4) is 0 Å². The molecule has 0 radical (unpaired) electrons. The average molecular weight is 206 g/mol. The molecule has 0 saturated heterocycles. The standard InChI is InChI=1S/C9H18O3S/c1-7(13(3,10)11)9(12-2)8-5-4-6-8/h7-9H,4-6H2,1-3H3/t7-,9-/m0/s1. The maximum absolute atomic E-state index is 11.3. The Morgan fingerprint density at radius 3 is 2.15 bits per heavy atom. The van der Waals surface area contributed by atoms with Crippen LogP contribution in [0.15, 0.2) is 0 Å². The molecule has 1 rings (SSSR count). The van der Waals surface area contributed by atoms with E-state index >= 15 is 0 Å². The van der Waals surface area contributed by atoms with E-state index < -0.39 is 9.84 Å². The smallest absolute Gasteiger partial charge is 0.152 e. The molecule has 2 atom stereocenters. The molecule has 0 amide bonds. The molecule has 0 bridgehead atoms. The summed E-state index contributed by atoms with van der Waals surface area (Å²) in [6.45, 7) is 1.74. The van der Waals surface area contributed by atoms with Gasteiger partial charge >= 0.3 is 0 Å². The number of methoxy groups -OCH3 is 1. The quantitative estimate of drug-likeness (QED) is 0.695. The zero-order valence-corrected chi connectivity index (χ0v) is 9.30. The maximum Gasteiger partial charge on any atom is 0.152 e. The van der Waals surface area contributed by atoms with Crippen molar-refractivity contribution in [1.82, 2.24) is 0 Å². The monoisotopic (exact) mass is 206 g/mol. The lowest BCUT2D eigenvalue weighted by Gasteiger charge is -2.35. The first-order chi connectivity index (χ1) is 5.96. The third kappa shape index (κ3) is 2.44. The minimum atomic E-state index is -2.96. The van der Waals surface area contributed by atoms with Gasteiger partial charge in [-0.1, -0.05) is 6.42 Å². The lowest BCUT2D eigenvalue weighted by Crippen LogP contribution is -2.41. The summed E-state index contributed by atoms with van der Waals surface area (Å²) < 4.78 is 27.9. The van der Waals surface area contributed by atoms with Crippen LogP contribution in [0.5, 0.6) is 0 Å². The molecule has 0 aromatic rings. The van der Waals surface area contributed by atoms with Gasteiger partial charge in [0.05, 0.1) is 11.4 Å². The molecule has 0 spiro atoms. The first-order valence-electron chi connectivity index (χ1n) is 4.68. The zero-order valence-electron chi connectivity index (χ0n) is 8.49. The van der Waals surface area contributed by atoms with Crippen molar-refractivity contribution in [2.24, 2.45) is 5.92 Å². The second-order valence-corrected chi connectivity index (χ2v) is 6.33. The topological polar surface area (TPSA) is 43.4 Å². The molecule has 1 aliphatic carbocycles. The normalized spacial score (nSPS) is 23.6. The van der Waals surface area contributed by atoms with Gasteiger partial charge in [-0.3, -0.25) is 0 Å². The van der Waals surface area contributed by atoms with Crippen molar-refractivity contribution in [3.8, 4) is 0 Å². The number of hydrogen-bond acceptors (Lipinski definition) is 3. The summed E-state index contributed by atoms with van der Waals surface area (Å²) >= 11 is 0. The van der Waals surface area contributed by atoms with E-state index in [4.69, 9.17) is 4.74 Å². The SMILES string of the molecule is CO[C@H](C1CCC1)[C@H](C)S(C)(=O)=O. The summed E-state index contributed by atoms with van der Waals surface area (Å²) in [7, 11) is -1.36. The molecular formula is C9H18O3S. The Morgan fingerprint density at radius 1 is 1.38 bits per heavy atom. The largest absolute Gasteiger partial charge is 0.380 e. The van der Waals surface area contributed by atoms with E-state index in [0.717, 1.165) is 12.8 Å². The minimum Gasteiger partial charge on any atom is -0.380 e. The van der Waals surface area contributed by atoms with Gasteiger partial charge in [-0.15, -0.1) is 0 Å². The fourth-order valence-corrected chi connectivity index (χ4v) is 2.60. The molecule has 78 valence electrons. The lowest BCUT2D eigenvalue weighted by molar-refractivity contribution is 0.0194. The van der Waals surface area contributed by atoms with Crippen molar-refractivity contribution in [3.05, 3.63) is 0 Å². The first-order valence-corrected chi connectivity index (χ1v) is 6.64. The Labute approximate surface area is 80.4 Å². The van der Waals surface area contributed by atoms with Crippen LogP contribution in [0, 0.1) is 5.92 Å². The number of rotatable bonds is 4. The highest BCUT2D eigenvalue weighted by Crippen LogP contribution is 2.33. The van der Waals surface area contributed by atoms with Gasteiger partial charge in [0.25, 0.3) is 0 Å². The van der Waals surface area contributed by atoms with E-state index in [1.807, 2.05) is 0 Å². The van der Waals surface area contributed by atoms with Gasteiger partial charge in [0.1, 0.15) is 0 Å². The van der Waals surface area contributed by atoms with E-state index in [-0.39, 0.29) is 11.4 Å². The van der Waals surface area contributed by atoms with Crippen molar-refractivity contribution >= 4 is 9.84 Å². The predicted molar refractivity (Wildman–Crippen MR) is 52.4 cm³/mol. The molecule has 0 aromatic carbocycles. The molecule has 0 heterocycles. The van der Waals surface area contributed by atoms with E-state index in [9.17, 15) is 8.42 Å². The highest BCUT2D eigenvalue weighted by atomic mass is 32.2.